The lowest BCUT2D eigenvalue weighted by Crippen LogP contribution is -2.67. The lowest BCUT2D eigenvalue weighted by atomic mass is 9.57. The standard InChI is InChI=1S/C23H33N5O.HI/c1-6-24-22(27-20-17-11-12-29-21(17)23(20,2)3)25-14-15-13-19(28(4)5)26-18-10-8-7-9-16(15)18;/h7-10,13,17,20-21H,6,11-12,14H2,1-5H3,(H2,24,25,27);1H. The van der Waals surface area contributed by atoms with Crippen LogP contribution in [0.1, 0.15) is 32.8 Å². The molecular weight excluding hydrogens is 489 g/mol. The summed E-state index contributed by atoms with van der Waals surface area (Å²) in [5.74, 6) is 2.41. The van der Waals surface area contributed by atoms with E-state index in [1.54, 1.807) is 0 Å². The minimum absolute atomic E-state index is 0. The fraction of sp³-hybridized carbons (Fsp3) is 0.565. The molecule has 3 unspecified atom stereocenters. The van der Waals surface area contributed by atoms with Crippen molar-refractivity contribution in [2.45, 2.75) is 45.9 Å². The average Bonchev–Trinajstić information content (AvgIpc) is 3.16. The zero-order valence-corrected chi connectivity index (χ0v) is 20.9. The molecule has 7 heteroatoms. The van der Waals surface area contributed by atoms with Gasteiger partial charge in [0.1, 0.15) is 5.82 Å². The molecular formula is C23H34IN5O. The molecule has 2 aliphatic rings. The first-order valence-corrected chi connectivity index (χ1v) is 10.6. The van der Waals surface area contributed by atoms with Crippen LogP contribution in [0.2, 0.25) is 0 Å². The third-order valence-electron chi connectivity index (χ3n) is 6.39. The van der Waals surface area contributed by atoms with Gasteiger partial charge in [0.15, 0.2) is 5.96 Å². The van der Waals surface area contributed by atoms with Gasteiger partial charge in [0, 0.05) is 50.0 Å². The SMILES string of the molecule is CCNC(=NCc1cc(N(C)C)nc2ccccc12)NC1C2CCOC2C1(C)C.I. The second kappa shape index (κ2) is 9.26. The molecule has 1 saturated carbocycles. The van der Waals surface area contributed by atoms with Crippen LogP contribution in [0.3, 0.4) is 0 Å². The van der Waals surface area contributed by atoms with Crippen LogP contribution in [0, 0.1) is 11.3 Å². The Bertz CT molecular complexity index is 914. The highest BCUT2D eigenvalue weighted by atomic mass is 127. The number of fused-ring (bicyclic) bond motifs is 2. The van der Waals surface area contributed by atoms with E-state index in [-0.39, 0.29) is 29.4 Å². The van der Waals surface area contributed by atoms with Crippen LogP contribution < -0.4 is 15.5 Å². The number of benzene rings is 1. The van der Waals surface area contributed by atoms with Crippen LogP contribution in [-0.4, -0.2) is 50.3 Å². The molecule has 0 bridgehead atoms. The van der Waals surface area contributed by atoms with E-state index in [0.29, 0.717) is 24.6 Å². The number of nitrogens with zero attached hydrogens (tertiary/aromatic N) is 3. The first kappa shape index (κ1) is 23.1. The van der Waals surface area contributed by atoms with Crippen molar-refractivity contribution in [3.8, 4) is 0 Å². The fourth-order valence-corrected chi connectivity index (χ4v) is 4.84. The average molecular weight is 523 g/mol. The summed E-state index contributed by atoms with van der Waals surface area (Å²) in [5.41, 5.74) is 2.32. The number of ether oxygens (including phenoxy) is 1. The van der Waals surface area contributed by atoms with Gasteiger partial charge in [0.2, 0.25) is 0 Å². The third kappa shape index (κ3) is 4.23. The summed E-state index contributed by atoms with van der Waals surface area (Å²) in [6.07, 6.45) is 1.50. The smallest absolute Gasteiger partial charge is 0.191 e. The second-order valence-electron chi connectivity index (χ2n) is 8.93. The van der Waals surface area contributed by atoms with Gasteiger partial charge in [-0.05, 0) is 31.0 Å². The first-order chi connectivity index (χ1) is 13.9. The van der Waals surface area contributed by atoms with Crippen LogP contribution in [0.25, 0.3) is 10.9 Å². The lowest BCUT2D eigenvalue weighted by Gasteiger charge is -2.54. The van der Waals surface area contributed by atoms with Crippen molar-refractivity contribution < 1.29 is 4.74 Å². The molecule has 0 spiro atoms. The summed E-state index contributed by atoms with van der Waals surface area (Å²) in [7, 11) is 4.04. The largest absolute Gasteiger partial charge is 0.377 e. The number of hydrogen-bond donors (Lipinski definition) is 2. The summed E-state index contributed by atoms with van der Waals surface area (Å²) in [5, 5.41) is 8.29. The fourth-order valence-electron chi connectivity index (χ4n) is 4.84. The lowest BCUT2D eigenvalue weighted by molar-refractivity contribution is -0.106. The molecule has 1 aliphatic carbocycles. The van der Waals surface area contributed by atoms with Crippen molar-refractivity contribution in [1.29, 1.82) is 0 Å². The van der Waals surface area contributed by atoms with Gasteiger partial charge in [-0.15, -0.1) is 24.0 Å². The molecule has 1 aromatic heterocycles. The Balaban J connectivity index is 0.00000256. The Labute approximate surface area is 196 Å². The van der Waals surface area contributed by atoms with Crippen molar-refractivity contribution in [3.63, 3.8) is 0 Å². The van der Waals surface area contributed by atoms with Crippen molar-refractivity contribution in [2.75, 3.05) is 32.1 Å². The van der Waals surface area contributed by atoms with Crippen molar-refractivity contribution in [2.24, 2.45) is 16.3 Å². The van der Waals surface area contributed by atoms with Crippen LogP contribution in [0.4, 0.5) is 5.82 Å². The molecule has 2 heterocycles. The molecule has 6 nitrogen and oxygen atoms in total. The number of aliphatic imine (C=N–C) groups is 1. The zero-order valence-electron chi connectivity index (χ0n) is 18.6. The molecule has 1 aliphatic heterocycles. The number of rotatable bonds is 5. The van der Waals surface area contributed by atoms with E-state index in [1.807, 2.05) is 25.1 Å². The van der Waals surface area contributed by atoms with E-state index in [2.05, 4.69) is 55.7 Å². The van der Waals surface area contributed by atoms with Crippen molar-refractivity contribution in [1.82, 2.24) is 15.6 Å². The van der Waals surface area contributed by atoms with Gasteiger partial charge in [-0.1, -0.05) is 32.0 Å². The Morgan fingerprint density at radius 3 is 2.80 bits per heavy atom. The molecule has 30 heavy (non-hydrogen) atoms. The topological polar surface area (TPSA) is 61.8 Å². The second-order valence-corrected chi connectivity index (χ2v) is 8.93. The van der Waals surface area contributed by atoms with Gasteiger partial charge in [-0.2, -0.15) is 0 Å². The molecule has 1 aromatic carbocycles. The number of para-hydroxylation sites is 1. The summed E-state index contributed by atoms with van der Waals surface area (Å²) >= 11 is 0. The maximum absolute atomic E-state index is 5.94. The summed E-state index contributed by atoms with van der Waals surface area (Å²) in [6.45, 7) is 9.01. The van der Waals surface area contributed by atoms with Gasteiger partial charge >= 0.3 is 0 Å². The predicted octanol–water partition coefficient (Wildman–Crippen LogP) is 3.79. The Hall–Kier alpha value is -1.61. The molecule has 4 rings (SSSR count). The van der Waals surface area contributed by atoms with Crippen LogP contribution in [-0.2, 0) is 11.3 Å². The maximum atomic E-state index is 5.94. The van der Waals surface area contributed by atoms with Gasteiger partial charge in [-0.25, -0.2) is 9.98 Å². The van der Waals surface area contributed by atoms with E-state index in [4.69, 9.17) is 14.7 Å². The molecule has 164 valence electrons. The number of pyridine rings is 1. The Kier molecular flexibility index (Phi) is 7.12. The Morgan fingerprint density at radius 2 is 2.07 bits per heavy atom. The van der Waals surface area contributed by atoms with Gasteiger partial charge in [0.05, 0.1) is 18.2 Å². The van der Waals surface area contributed by atoms with Crippen LogP contribution >= 0.6 is 24.0 Å². The quantitative estimate of drug-likeness (QED) is 0.355. The number of hydrogen-bond acceptors (Lipinski definition) is 4. The highest BCUT2D eigenvalue weighted by Crippen LogP contribution is 2.52. The molecule has 0 radical (unpaired) electrons. The first-order valence-electron chi connectivity index (χ1n) is 10.6. The van der Waals surface area contributed by atoms with E-state index in [0.717, 1.165) is 42.3 Å². The van der Waals surface area contributed by atoms with Crippen molar-refractivity contribution in [3.05, 3.63) is 35.9 Å². The summed E-state index contributed by atoms with van der Waals surface area (Å²) < 4.78 is 5.94. The van der Waals surface area contributed by atoms with E-state index in [9.17, 15) is 0 Å². The number of guanidine groups is 1. The minimum atomic E-state index is 0. The number of nitrogens with one attached hydrogen (secondary N) is 2. The predicted molar refractivity (Wildman–Crippen MR) is 135 cm³/mol. The van der Waals surface area contributed by atoms with Crippen LogP contribution in [0.15, 0.2) is 35.3 Å². The van der Waals surface area contributed by atoms with Crippen molar-refractivity contribution >= 4 is 46.7 Å². The molecule has 1 saturated heterocycles. The summed E-state index contributed by atoms with van der Waals surface area (Å²) in [6, 6.07) is 10.8. The van der Waals surface area contributed by atoms with E-state index in [1.165, 1.54) is 5.56 Å². The minimum Gasteiger partial charge on any atom is -0.377 e. The number of aromatic nitrogens is 1. The Morgan fingerprint density at radius 1 is 1.30 bits per heavy atom. The van der Waals surface area contributed by atoms with E-state index >= 15 is 0 Å². The number of halogens is 1. The zero-order chi connectivity index (χ0) is 20.6. The monoisotopic (exact) mass is 523 g/mol. The van der Waals surface area contributed by atoms with Crippen LogP contribution in [0.5, 0.6) is 0 Å². The molecule has 2 N–H and O–H groups in total. The highest BCUT2D eigenvalue weighted by Gasteiger charge is 2.59. The van der Waals surface area contributed by atoms with Gasteiger partial charge < -0.3 is 20.3 Å². The van der Waals surface area contributed by atoms with E-state index < -0.39 is 0 Å². The third-order valence-corrected chi connectivity index (χ3v) is 6.39. The number of anilines is 1. The maximum Gasteiger partial charge on any atom is 0.191 e. The molecule has 2 aromatic rings. The molecule has 3 atom stereocenters. The molecule has 2 fully saturated rings. The summed E-state index contributed by atoms with van der Waals surface area (Å²) in [4.78, 5) is 11.7. The normalized spacial score (nSPS) is 24.6. The van der Waals surface area contributed by atoms with Gasteiger partial charge in [-0.3, -0.25) is 0 Å². The molecule has 0 amide bonds. The van der Waals surface area contributed by atoms with Gasteiger partial charge in [0.25, 0.3) is 0 Å². The highest BCUT2D eigenvalue weighted by molar-refractivity contribution is 14.0.